The van der Waals surface area contributed by atoms with Crippen molar-refractivity contribution in [2.24, 2.45) is 0 Å². The summed E-state index contributed by atoms with van der Waals surface area (Å²) in [6.45, 7) is 0. The first-order valence-electron chi connectivity index (χ1n) is 20.7. The van der Waals surface area contributed by atoms with Gasteiger partial charge in [-0.1, -0.05) is 139 Å². The van der Waals surface area contributed by atoms with Crippen LogP contribution >= 0.6 is 0 Å². The molecule has 3 heteroatoms. The third-order valence-electron chi connectivity index (χ3n) is 10.8. The van der Waals surface area contributed by atoms with Gasteiger partial charge in [0.25, 0.3) is 0 Å². The number of para-hydroxylation sites is 2. The van der Waals surface area contributed by atoms with Crippen molar-refractivity contribution in [1.29, 1.82) is 0 Å². The van der Waals surface area contributed by atoms with Gasteiger partial charge in [-0.15, -0.1) is 0 Å². The largest absolute Gasteiger partial charge is 0.456 e. The minimum absolute atomic E-state index is 0.131. The molecule has 0 saturated carbocycles. The molecule has 11 rings (SSSR count). The summed E-state index contributed by atoms with van der Waals surface area (Å²) in [5.74, 6) is 0. The summed E-state index contributed by atoms with van der Waals surface area (Å²) < 4.78 is 51.8. The highest BCUT2D eigenvalue weighted by molar-refractivity contribution is 6.12. The Morgan fingerprint density at radius 1 is 0.491 bits per heavy atom. The average molecular weight is 710 g/mol. The van der Waals surface area contributed by atoms with Crippen LogP contribution in [0, 0.1) is 0 Å². The molecule has 260 valence electrons. The third kappa shape index (κ3) is 5.20. The summed E-state index contributed by atoms with van der Waals surface area (Å²) >= 11 is 0. The predicted octanol–water partition coefficient (Wildman–Crippen LogP) is 13.1. The van der Waals surface area contributed by atoms with Crippen LogP contribution in [0.25, 0.3) is 77.6 Å². The van der Waals surface area contributed by atoms with E-state index >= 15 is 0 Å². The molecule has 1 aliphatic rings. The molecule has 0 N–H and O–H groups in total. The van der Waals surface area contributed by atoms with Gasteiger partial charge in [0.15, 0.2) is 0 Å². The highest BCUT2D eigenvalue weighted by Crippen LogP contribution is 2.42. The number of furan rings is 2. The molecule has 0 saturated heterocycles. The third-order valence-corrected chi connectivity index (χ3v) is 10.8. The minimum atomic E-state index is -0.148. The van der Waals surface area contributed by atoms with Crippen molar-refractivity contribution in [2.75, 3.05) is 4.90 Å². The minimum Gasteiger partial charge on any atom is -0.456 e. The van der Waals surface area contributed by atoms with E-state index in [0.29, 0.717) is 22.4 Å². The highest BCUT2D eigenvalue weighted by atomic mass is 16.3. The maximum Gasteiger partial charge on any atom is 0.143 e. The van der Waals surface area contributed by atoms with Gasteiger partial charge in [0.05, 0.1) is 11.2 Å². The van der Waals surface area contributed by atoms with E-state index in [0.717, 1.165) is 83.9 Å². The van der Waals surface area contributed by atoms with Crippen LogP contribution in [0.1, 0.15) is 23.9 Å². The van der Waals surface area contributed by atoms with Gasteiger partial charge in [0.1, 0.15) is 22.2 Å². The Balaban J connectivity index is 1.17. The number of fused-ring (bicyclic) bond motifs is 8. The van der Waals surface area contributed by atoms with Crippen LogP contribution in [0.15, 0.2) is 191 Å². The summed E-state index contributed by atoms with van der Waals surface area (Å²) in [5.41, 5.74) is 9.40. The topological polar surface area (TPSA) is 29.5 Å². The SMILES string of the molecule is [2H]c1c([2H])c(N(c2ccc(-c3ccccc3)cc2)c2ccccc2C2=c3oc4c(ccc5ccccc54)c3=CCC2)c([2H])c([2H])c1-c1cccc2oc3ccccc3c12. The molecule has 1 aliphatic carbocycles. The van der Waals surface area contributed by atoms with Gasteiger partial charge in [-0.3, -0.25) is 0 Å². The quantitative estimate of drug-likeness (QED) is 0.172. The number of rotatable bonds is 6. The Morgan fingerprint density at radius 3 is 2.07 bits per heavy atom. The van der Waals surface area contributed by atoms with Gasteiger partial charge in [0.2, 0.25) is 0 Å². The van der Waals surface area contributed by atoms with Crippen LogP contribution in [0.4, 0.5) is 17.1 Å². The molecule has 0 atom stereocenters. The maximum absolute atomic E-state index is 9.76. The summed E-state index contributed by atoms with van der Waals surface area (Å²) in [4.78, 5) is 1.89. The van der Waals surface area contributed by atoms with Crippen molar-refractivity contribution >= 4 is 72.4 Å². The molecule has 0 aliphatic heterocycles. The standard InChI is InChI=1S/C52H35NO2/c1-2-12-34(13-3-1)35-24-29-38(30-25-35)53(39-31-26-37(27-32-39)40-18-11-23-49-50(40)46-17-7-9-22-48(46)54-49)47-21-8-6-16-42(47)43-19-10-20-44-45-33-28-36-14-4-5-15-41(36)51(45)55-52(43)44/h1-9,11-18,20-33H,10,19H2/i26D,27D,31D,32D. The van der Waals surface area contributed by atoms with E-state index in [1.54, 1.807) is 0 Å². The summed E-state index contributed by atoms with van der Waals surface area (Å²) in [6.07, 6.45) is 3.79. The van der Waals surface area contributed by atoms with Gasteiger partial charge >= 0.3 is 0 Å². The Bertz CT molecular complexity index is 3410. The fourth-order valence-corrected chi connectivity index (χ4v) is 8.28. The van der Waals surface area contributed by atoms with Crippen molar-refractivity contribution in [3.05, 3.63) is 198 Å². The zero-order valence-electron chi connectivity index (χ0n) is 33.8. The second-order valence-corrected chi connectivity index (χ2v) is 14.0. The van der Waals surface area contributed by atoms with E-state index in [1.165, 1.54) is 0 Å². The first-order chi connectivity index (χ1) is 29.0. The molecule has 10 aromatic rings. The highest BCUT2D eigenvalue weighted by Gasteiger charge is 2.22. The number of anilines is 3. The van der Waals surface area contributed by atoms with Gasteiger partial charge < -0.3 is 13.7 Å². The van der Waals surface area contributed by atoms with E-state index in [1.807, 2.05) is 120 Å². The van der Waals surface area contributed by atoms with Gasteiger partial charge in [-0.2, -0.15) is 0 Å². The number of benzene rings is 8. The van der Waals surface area contributed by atoms with Crippen LogP contribution < -0.4 is 15.5 Å². The molecular formula is C52H35NO2. The van der Waals surface area contributed by atoms with Crippen molar-refractivity contribution in [3.8, 4) is 22.3 Å². The zero-order valence-corrected chi connectivity index (χ0v) is 29.8. The first kappa shape index (κ1) is 27.5. The van der Waals surface area contributed by atoms with E-state index in [4.69, 9.17) is 8.83 Å². The second kappa shape index (κ2) is 12.8. The Morgan fingerprint density at radius 2 is 1.20 bits per heavy atom. The predicted molar refractivity (Wildman–Crippen MR) is 228 cm³/mol. The fourth-order valence-electron chi connectivity index (χ4n) is 8.28. The van der Waals surface area contributed by atoms with E-state index in [-0.39, 0.29) is 35.4 Å². The first-order valence-corrected chi connectivity index (χ1v) is 18.7. The van der Waals surface area contributed by atoms with E-state index < -0.39 is 0 Å². The monoisotopic (exact) mass is 709 g/mol. The molecule has 0 unspecified atom stereocenters. The molecule has 2 heterocycles. The normalized spacial score (nSPS) is 13.7. The molecule has 2 aromatic heterocycles. The maximum atomic E-state index is 9.76. The molecule has 0 amide bonds. The van der Waals surface area contributed by atoms with Crippen LogP contribution in [-0.2, 0) is 0 Å². The average Bonchev–Trinajstić information content (AvgIpc) is 3.87. The number of hydrogen-bond donors (Lipinski definition) is 0. The van der Waals surface area contributed by atoms with Crippen molar-refractivity contribution < 1.29 is 14.3 Å². The van der Waals surface area contributed by atoms with Crippen LogP contribution in [-0.4, -0.2) is 0 Å². The van der Waals surface area contributed by atoms with Gasteiger partial charge in [-0.25, -0.2) is 0 Å². The zero-order chi connectivity index (χ0) is 39.8. The Hall–Kier alpha value is -7.10. The number of nitrogens with zero attached hydrogens (tertiary/aromatic N) is 1. The lowest BCUT2D eigenvalue weighted by molar-refractivity contribution is 0.571. The molecule has 0 fully saturated rings. The van der Waals surface area contributed by atoms with Crippen molar-refractivity contribution in [3.63, 3.8) is 0 Å². The second-order valence-electron chi connectivity index (χ2n) is 14.0. The van der Waals surface area contributed by atoms with Crippen molar-refractivity contribution in [1.82, 2.24) is 0 Å². The Labute approximate surface area is 323 Å². The van der Waals surface area contributed by atoms with Crippen LogP contribution in [0.2, 0.25) is 0 Å². The van der Waals surface area contributed by atoms with Crippen LogP contribution in [0.5, 0.6) is 0 Å². The lowest BCUT2D eigenvalue weighted by Gasteiger charge is -2.29. The molecule has 0 bridgehead atoms. The molecule has 8 aromatic carbocycles. The fraction of sp³-hybridized carbons (Fsp3) is 0.0385. The molecule has 0 spiro atoms. The van der Waals surface area contributed by atoms with E-state index in [9.17, 15) is 5.48 Å². The molecule has 3 nitrogen and oxygen atoms in total. The molecule has 55 heavy (non-hydrogen) atoms. The number of hydrogen-bond acceptors (Lipinski definition) is 3. The van der Waals surface area contributed by atoms with E-state index in [2.05, 4.69) is 48.5 Å². The molecule has 0 radical (unpaired) electrons. The summed E-state index contributed by atoms with van der Waals surface area (Å²) in [7, 11) is 0. The summed E-state index contributed by atoms with van der Waals surface area (Å²) in [6, 6.07) is 51.6. The smallest absolute Gasteiger partial charge is 0.143 e. The lowest BCUT2D eigenvalue weighted by atomic mass is 9.94. The van der Waals surface area contributed by atoms with Gasteiger partial charge in [0, 0.05) is 49.3 Å². The summed E-state index contributed by atoms with van der Waals surface area (Å²) in [5, 5.41) is 5.92. The lowest BCUT2D eigenvalue weighted by Crippen LogP contribution is -2.27. The van der Waals surface area contributed by atoms with Gasteiger partial charge in [-0.05, 0) is 89.0 Å². The van der Waals surface area contributed by atoms with Crippen molar-refractivity contribution in [2.45, 2.75) is 12.8 Å². The van der Waals surface area contributed by atoms with Crippen LogP contribution in [0.3, 0.4) is 0 Å². The molecular weight excluding hydrogens is 671 g/mol. The Kier molecular flexibility index (Phi) is 6.39.